The zero-order valence-electron chi connectivity index (χ0n) is 17.5. The fourth-order valence-corrected chi connectivity index (χ4v) is 4.36. The summed E-state index contributed by atoms with van der Waals surface area (Å²) in [4.78, 5) is 43.0. The normalized spacial score (nSPS) is 15.3. The summed E-state index contributed by atoms with van der Waals surface area (Å²) in [7, 11) is 0. The molecule has 7 nitrogen and oxygen atoms in total. The Morgan fingerprint density at radius 2 is 1.82 bits per heavy atom. The SMILES string of the molecule is O=C1NC(=O)N(c2cccnc2)C(=O)/C1=C/c1cn(Cc2ccc(Cl)cc2Cl)c2ccccc12. The Kier molecular flexibility index (Phi) is 5.65. The molecule has 1 aliphatic heterocycles. The zero-order chi connectivity index (χ0) is 23.8. The van der Waals surface area contributed by atoms with Gasteiger partial charge in [0, 0.05) is 45.5 Å². The molecule has 1 saturated heterocycles. The van der Waals surface area contributed by atoms with Crippen LogP contribution in [0.4, 0.5) is 10.5 Å². The number of nitrogens with one attached hydrogen (secondary N) is 1. The summed E-state index contributed by atoms with van der Waals surface area (Å²) >= 11 is 12.4. The standard InChI is InChI=1S/C25H16Cl2N4O3/c26-17-8-7-15(21(27)11-17)13-30-14-16(19-5-1-2-6-22(19)30)10-20-23(32)29-25(34)31(24(20)33)18-4-3-9-28-12-18/h1-12,14H,13H2,(H,29,32,34)/b20-10+. The van der Waals surface area contributed by atoms with Gasteiger partial charge in [-0.05, 0) is 42.0 Å². The molecular weight excluding hydrogens is 475 g/mol. The molecule has 0 radical (unpaired) electrons. The number of pyridine rings is 1. The maximum atomic E-state index is 13.2. The minimum Gasteiger partial charge on any atom is -0.342 e. The average Bonchev–Trinajstić information content (AvgIpc) is 3.16. The highest BCUT2D eigenvalue weighted by atomic mass is 35.5. The summed E-state index contributed by atoms with van der Waals surface area (Å²) in [6.45, 7) is 0.458. The molecule has 2 aromatic carbocycles. The van der Waals surface area contributed by atoms with Gasteiger partial charge in [-0.15, -0.1) is 0 Å². The van der Waals surface area contributed by atoms with Gasteiger partial charge < -0.3 is 4.57 Å². The van der Waals surface area contributed by atoms with Gasteiger partial charge in [-0.1, -0.05) is 47.5 Å². The molecule has 0 saturated carbocycles. The van der Waals surface area contributed by atoms with Gasteiger partial charge in [-0.2, -0.15) is 0 Å². The summed E-state index contributed by atoms with van der Waals surface area (Å²) < 4.78 is 1.98. The Morgan fingerprint density at radius 3 is 2.59 bits per heavy atom. The van der Waals surface area contributed by atoms with E-state index in [-0.39, 0.29) is 11.3 Å². The first-order valence-corrected chi connectivity index (χ1v) is 11.0. The highest BCUT2D eigenvalue weighted by Crippen LogP contribution is 2.28. The molecular formula is C25H16Cl2N4O3. The number of fused-ring (bicyclic) bond motifs is 1. The van der Waals surface area contributed by atoms with Crippen LogP contribution in [-0.4, -0.2) is 27.4 Å². The molecule has 5 rings (SSSR count). The number of hydrogen-bond donors (Lipinski definition) is 1. The lowest BCUT2D eigenvalue weighted by Gasteiger charge is -2.25. The predicted octanol–water partition coefficient (Wildman–Crippen LogP) is 5.06. The fourth-order valence-electron chi connectivity index (χ4n) is 3.89. The third-order valence-electron chi connectivity index (χ3n) is 5.48. The Bertz CT molecular complexity index is 1490. The molecule has 0 aliphatic carbocycles. The topological polar surface area (TPSA) is 84.3 Å². The molecule has 1 fully saturated rings. The Morgan fingerprint density at radius 1 is 1.00 bits per heavy atom. The van der Waals surface area contributed by atoms with E-state index in [1.54, 1.807) is 24.3 Å². The first kappa shape index (κ1) is 21.9. The summed E-state index contributed by atoms with van der Waals surface area (Å²) in [5.74, 6) is -1.48. The molecule has 0 spiro atoms. The molecule has 168 valence electrons. The van der Waals surface area contributed by atoms with Crippen molar-refractivity contribution in [3.05, 3.63) is 99.9 Å². The highest BCUT2D eigenvalue weighted by Gasteiger charge is 2.37. The zero-order valence-corrected chi connectivity index (χ0v) is 19.0. The maximum Gasteiger partial charge on any atom is 0.336 e. The van der Waals surface area contributed by atoms with E-state index in [0.717, 1.165) is 21.4 Å². The van der Waals surface area contributed by atoms with Crippen LogP contribution < -0.4 is 10.2 Å². The summed E-state index contributed by atoms with van der Waals surface area (Å²) in [5.41, 5.74) is 2.52. The Labute approximate surface area is 204 Å². The van der Waals surface area contributed by atoms with E-state index in [4.69, 9.17) is 23.2 Å². The first-order valence-electron chi connectivity index (χ1n) is 10.3. The van der Waals surface area contributed by atoms with Gasteiger partial charge in [0.1, 0.15) is 5.57 Å². The van der Waals surface area contributed by atoms with E-state index in [1.165, 1.54) is 18.5 Å². The van der Waals surface area contributed by atoms with E-state index >= 15 is 0 Å². The monoisotopic (exact) mass is 490 g/mol. The minimum atomic E-state index is -0.819. The van der Waals surface area contributed by atoms with Crippen molar-refractivity contribution in [3.63, 3.8) is 0 Å². The van der Waals surface area contributed by atoms with Crippen molar-refractivity contribution in [1.29, 1.82) is 0 Å². The van der Waals surface area contributed by atoms with Crippen molar-refractivity contribution in [1.82, 2.24) is 14.9 Å². The number of amides is 4. The number of aromatic nitrogens is 2. The van der Waals surface area contributed by atoms with Crippen LogP contribution in [0.2, 0.25) is 10.0 Å². The van der Waals surface area contributed by atoms with Crippen LogP contribution in [0.3, 0.4) is 0 Å². The second-order valence-electron chi connectivity index (χ2n) is 7.63. The summed E-state index contributed by atoms with van der Waals surface area (Å²) in [6.07, 6.45) is 6.25. The van der Waals surface area contributed by atoms with Crippen LogP contribution in [0.15, 0.2) is 78.8 Å². The molecule has 0 unspecified atom stereocenters. The smallest absolute Gasteiger partial charge is 0.336 e. The number of carbonyl (C=O) groups excluding carboxylic acids is 3. The molecule has 0 bridgehead atoms. The van der Waals surface area contributed by atoms with Crippen LogP contribution >= 0.6 is 23.2 Å². The molecule has 1 N–H and O–H groups in total. The second-order valence-corrected chi connectivity index (χ2v) is 8.48. The summed E-state index contributed by atoms with van der Waals surface area (Å²) in [5, 5.41) is 4.16. The molecule has 1 aliphatic rings. The number of halogens is 2. The largest absolute Gasteiger partial charge is 0.342 e. The van der Waals surface area contributed by atoms with E-state index in [0.29, 0.717) is 22.2 Å². The first-order chi connectivity index (χ1) is 16.4. The Balaban J connectivity index is 1.57. The number of carbonyl (C=O) groups is 3. The van der Waals surface area contributed by atoms with Crippen molar-refractivity contribution in [2.45, 2.75) is 6.54 Å². The van der Waals surface area contributed by atoms with E-state index < -0.39 is 17.8 Å². The molecule has 3 heterocycles. The number of nitrogens with zero attached hydrogens (tertiary/aromatic N) is 3. The average molecular weight is 491 g/mol. The third kappa shape index (κ3) is 3.96. The van der Waals surface area contributed by atoms with Crippen LogP contribution in [0.5, 0.6) is 0 Å². The number of anilines is 1. The van der Waals surface area contributed by atoms with Crippen molar-refractivity contribution < 1.29 is 14.4 Å². The van der Waals surface area contributed by atoms with Gasteiger partial charge >= 0.3 is 6.03 Å². The predicted molar refractivity (Wildman–Crippen MR) is 131 cm³/mol. The number of hydrogen-bond acceptors (Lipinski definition) is 4. The van der Waals surface area contributed by atoms with Gasteiger partial charge in [-0.25, -0.2) is 9.69 Å². The van der Waals surface area contributed by atoms with E-state index in [1.807, 2.05) is 41.1 Å². The number of barbiturate groups is 1. The highest BCUT2D eigenvalue weighted by molar-refractivity contribution is 6.39. The minimum absolute atomic E-state index is 0.157. The molecule has 4 aromatic rings. The summed E-state index contributed by atoms with van der Waals surface area (Å²) in [6, 6.07) is 15.3. The molecule has 9 heteroatoms. The second kappa shape index (κ2) is 8.78. The molecule has 4 amide bonds. The number of benzene rings is 2. The number of para-hydroxylation sites is 1. The third-order valence-corrected chi connectivity index (χ3v) is 6.07. The maximum absolute atomic E-state index is 13.2. The quantitative estimate of drug-likeness (QED) is 0.320. The lowest BCUT2D eigenvalue weighted by molar-refractivity contribution is -0.122. The van der Waals surface area contributed by atoms with Gasteiger partial charge in [0.2, 0.25) is 0 Å². The van der Waals surface area contributed by atoms with Crippen molar-refractivity contribution in [3.8, 4) is 0 Å². The van der Waals surface area contributed by atoms with Crippen LogP contribution in [0.1, 0.15) is 11.1 Å². The lowest BCUT2D eigenvalue weighted by atomic mass is 10.1. The van der Waals surface area contributed by atoms with Gasteiger partial charge in [0.05, 0.1) is 11.9 Å². The van der Waals surface area contributed by atoms with Gasteiger partial charge in [0.15, 0.2) is 0 Å². The molecule has 2 aromatic heterocycles. The number of urea groups is 1. The lowest BCUT2D eigenvalue weighted by Crippen LogP contribution is -2.54. The number of imide groups is 2. The van der Waals surface area contributed by atoms with Crippen LogP contribution in [0.25, 0.3) is 17.0 Å². The van der Waals surface area contributed by atoms with Crippen LogP contribution in [-0.2, 0) is 16.1 Å². The van der Waals surface area contributed by atoms with E-state index in [2.05, 4.69) is 10.3 Å². The van der Waals surface area contributed by atoms with Crippen molar-refractivity contribution in [2.24, 2.45) is 0 Å². The van der Waals surface area contributed by atoms with E-state index in [9.17, 15) is 14.4 Å². The molecule has 34 heavy (non-hydrogen) atoms. The molecule has 0 atom stereocenters. The fraction of sp³-hybridized carbons (Fsp3) is 0.0400. The Hall–Kier alpha value is -3.94. The van der Waals surface area contributed by atoms with Gasteiger partial charge in [0.25, 0.3) is 11.8 Å². The van der Waals surface area contributed by atoms with Crippen molar-refractivity contribution >= 4 is 63.7 Å². The van der Waals surface area contributed by atoms with Crippen LogP contribution in [0, 0.1) is 0 Å². The number of rotatable bonds is 4. The van der Waals surface area contributed by atoms with Crippen molar-refractivity contribution in [2.75, 3.05) is 4.90 Å². The van der Waals surface area contributed by atoms with Gasteiger partial charge in [-0.3, -0.25) is 19.9 Å².